The summed E-state index contributed by atoms with van der Waals surface area (Å²) >= 11 is 0. The summed E-state index contributed by atoms with van der Waals surface area (Å²) in [4.78, 5) is 63.6. The van der Waals surface area contributed by atoms with Crippen molar-refractivity contribution in [1.29, 1.82) is 0 Å². The van der Waals surface area contributed by atoms with E-state index in [0.29, 0.717) is 32.4 Å². The maximum Gasteiger partial charge on any atom is 0.246 e. The number of rotatable bonds is 18. The van der Waals surface area contributed by atoms with Crippen molar-refractivity contribution in [3.63, 3.8) is 0 Å². The molecule has 1 rings (SSSR count). The van der Waals surface area contributed by atoms with Gasteiger partial charge in [0, 0.05) is 40.7 Å². The number of nitrogens with zero attached hydrogens (tertiary/aromatic N) is 4. The van der Waals surface area contributed by atoms with Crippen molar-refractivity contribution in [2.24, 2.45) is 34.2 Å². The van der Waals surface area contributed by atoms with Gasteiger partial charge in [0.25, 0.3) is 0 Å². The van der Waals surface area contributed by atoms with Crippen LogP contribution in [0, 0.1) is 17.8 Å². The Morgan fingerprint density at radius 3 is 1.73 bits per heavy atom. The minimum absolute atomic E-state index is 0.0233. The van der Waals surface area contributed by atoms with Gasteiger partial charge in [-0.3, -0.25) is 24.2 Å². The molecule has 6 N–H and O–H groups in total. The molecule has 1 aromatic rings. The Hall–Kier alpha value is -3.67. The third-order valence-corrected chi connectivity index (χ3v) is 8.11. The largest absolute Gasteiger partial charge is 0.370 e. The fraction of sp³-hybridized carbons (Fsp3) is 0.667. The van der Waals surface area contributed by atoms with Crippen molar-refractivity contribution in [1.82, 2.24) is 25.3 Å². The molecule has 0 saturated carbocycles. The highest BCUT2D eigenvalue weighted by molar-refractivity contribution is 5.95. The van der Waals surface area contributed by atoms with E-state index >= 15 is 0 Å². The zero-order valence-corrected chi connectivity index (χ0v) is 29.0. The predicted octanol–water partition coefficient (Wildman–Crippen LogP) is 1.44. The van der Waals surface area contributed by atoms with Gasteiger partial charge < -0.3 is 36.8 Å². The van der Waals surface area contributed by atoms with Gasteiger partial charge in [-0.15, -0.1) is 0 Å². The first-order valence-electron chi connectivity index (χ1n) is 15.9. The molecular weight excluding hydrogens is 572 g/mol. The van der Waals surface area contributed by atoms with Gasteiger partial charge in [0.1, 0.15) is 18.1 Å². The van der Waals surface area contributed by atoms with E-state index in [1.165, 1.54) is 14.7 Å². The monoisotopic (exact) mass is 630 g/mol. The van der Waals surface area contributed by atoms with Crippen LogP contribution in [0.5, 0.6) is 0 Å². The average molecular weight is 631 g/mol. The molecule has 0 bridgehead atoms. The normalized spacial score (nSPS) is 14.0. The lowest BCUT2D eigenvalue weighted by Crippen LogP contribution is -2.61. The van der Waals surface area contributed by atoms with Crippen LogP contribution in [0.2, 0.25) is 0 Å². The van der Waals surface area contributed by atoms with Crippen molar-refractivity contribution < 1.29 is 19.2 Å². The van der Waals surface area contributed by atoms with Gasteiger partial charge in [-0.1, -0.05) is 71.9 Å². The maximum atomic E-state index is 14.2. The van der Waals surface area contributed by atoms with Crippen LogP contribution in [-0.4, -0.2) is 110 Å². The molecule has 0 fully saturated rings. The summed E-state index contributed by atoms with van der Waals surface area (Å²) in [6.45, 7) is 12.3. The van der Waals surface area contributed by atoms with Crippen molar-refractivity contribution in [3.8, 4) is 0 Å². The second-order valence-corrected chi connectivity index (χ2v) is 12.7. The van der Waals surface area contributed by atoms with Crippen molar-refractivity contribution in [3.05, 3.63) is 35.9 Å². The van der Waals surface area contributed by atoms with Gasteiger partial charge in [0.2, 0.25) is 23.6 Å². The number of hydrogen-bond donors (Lipinski definition) is 4. The fourth-order valence-electron chi connectivity index (χ4n) is 5.62. The lowest BCUT2D eigenvalue weighted by Gasteiger charge is -2.40. The Bertz CT molecular complexity index is 1120. The second-order valence-electron chi connectivity index (χ2n) is 12.7. The lowest BCUT2D eigenvalue weighted by atomic mass is 9.94. The number of carbonyl (C=O) groups is 4. The van der Waals surface area contributed by atoms with Crippen LogP contribution >= 0.6 is 0 Å². The first-order chi connectivity index (χ1) is 21.1. The minimum Gasteiger partial charge on any atom is -0.370 e. The summed E-state index contributed by atoms with van der Waals surface area (Å²) in [5.74, 6) is -1.57. The first-order valence-corrected chi connectivity index (χ1v) is 15.9. The molecule has 12 heteroatoms. The average Bonchev–Trinajstić information content (AvgIpc) is 2.97. The number of nitrogens with one attached hydrogen (secondary N) is 2. The molecule has 0 radical (unpaired) electrons. The first kappa shape index (κ1) is 39.4. The zero-order valence-electron chi connectivity index (χ0n) is 29.0. The van der Waals surface area contributed by atoms with Gasteiger partial charge in [0.15, 0.2) is 5.96 Å². The molecule has 0 saturated heterocycles. The van der Waals surface area contributed by atoms with E-state index in [0.717, 1.165) is 5.56 Å². The zero-order chi connectivity index (χ0) is 34.4. The number of amides is 4. The Balaban J connectivity index is 3.29. The predicted molar refractivity (Wildman–Crippen MR) is 180 cm³/mol. The standard InChI is InChI=1S/C33H58N8O4/c1-21(2)26(36-7)30(43)40(9)28(23(5)6)32(45)41(10)27(22(3)4)31(44)39(8)25(20-24-16-12-11-13-17-24)29(42)37-18-14-15-19-38-33(34)35/h11-13,16-17,21-23,25-28,36H,14-15,18-20H2,1-10H3,(H,37,42)(H4,34,35,38)/t25-,26-,27-,28-/m0/s1. The van der Waals surface area contributed by atoms with Gasteiger partial charge in [0.05, 0.1) is 6.04 Å². The SMILES string of the molecule is CN[C@H](C(=O)N(C)[C@H](C(=O)N(C)[C@H](C(=O)N(C)[C@@H](Cc1ccccc1)C(=O)NCCCCN=C(N)N)C(C)C)C(C)C)C(C)C. The van der Waals surface area contributed by atoms with Crippen molar-refractivity contribution in [2.75, 3.05) is 41.3 Å². The summed E-state index contributed by atoms with van der Waals surface area (Å²) < 4.78 is 0. The summed E-state index contributed by atoms with van der Waals surface area (Å²) in [5, 5.41) is 6.02. The van der Waals surface area contributed by atoms with Crippen LogP contribution in [0.3, 0.4) is 0 Å². The molecular formula is C33H58N8O4. The molecule has 1 aromatic carbocycles. The van der Waals surface area contributed by atoms with E-state index in [-0.39, 0.29) is 47.3 Å². The molecule has 0 spiro atoms. The van der Waals surface area contributed by atoms with E-state index in [9.17, 15) is 19.2 Å². The summed E-state index contributed by atoms with van der Waals surface area (Å²) in [6.07, 6.45) is 1.66. The van der Waals surface area contributed by atoms with E-state index in [1.54, 1.807) is 28.2 Å². The smallest absolute Gasteiger partial charge is 0.246 e. The molecule has 254 valence electrons. The van der Waals surface area contributed by atoms with Crippen LogP contribution < -0.4 is 22.1 Å². The van der Waals surface area contributed by atoms with E-state index in [2.05, 4.69) is 15.6 Å². The number of aliphatic imine (C=N–C) groups is 1. The Kier molecular flexibility index (Phi) is 16.6. The molecule has 12 nitrogen and oxygen atoms in total. The van der Waals surface area contributed by atoms with Gasteiger partial charge in [-0.2, -0.15) is 0 Å². The van der Waals surface area contributed by atoms with Crippen LogP contribution in [0.4, 0.5) is 0 Å². The second kappa shape index (κ2) is 19.0. The molecule has 0 unspecified atom stereocenters. The minimum atomic E-state index is -0.858. The number of hydrogen-bond acceptors (Lipinski definition) is 6. The summed E-state index contributed by atoms with van der Waals surface area (Å²) in [6, 6.07) is 6.61. The third-order valence-electron chi connectivity index (χ3n) is 8.11. The highest BCUT2D eigenvalue weighted by atomic mass is 16.2. The van der Waals surface area contributed by atoms with Crippen LogP contribution in [0.15, 0.2) is 35.3 Å². The molecule has 0 aliphatic heterocycles. The molecule has 0 aliphatic rings. The quantitative estimate of drug-likeness (QED) is 0.108. The molecule has 0 heterocycles. The summed E-state index contributed by atoms with van der Waals surface area (Å²) in [5.41, 5.74) is 11.7. The third kappa shape index (κ3) is 11.6. The maximum absolute atomic E-state index is 14.2. The molecule has 0 aliphatic carbocycles. The van der Waals surface area contributed by atoms with Crippen molar-refractivity contribution >= 4 is 29.6 Å². The number of unbranched alkanes of at least 4 members (excludes halogenated alkanes) is 1. The van der Waals surface area contributed by atoms with Crippen molar-refractivity contribution in [2.45, 2.75) is 85.0 Å². The van der Waals surface area contributed by atoms with E-state index in [1.807, 2.05) is 71.9 Å². The Morgan fingerprint density at radius 1 is 0.756 bits per heavy atom. The Morgan fingerprint density at radius 2 is 1.27 bits per heavy atom. The van der Waals surface area contributed by atoms with E-state index in [4.69, 9.17) is 11.5 Å². The summed E-state index contributed by atoms with van der Waals surface area (Å²) in [7, 11) is 6.58. The van der Waals surface area contributed by atoms with E-state index < -0.39 is 24.2 Å². The number of nitrogens with two attached hydrogens (primary N) is 2. The molecule has 4 atom stereocenters. The van der Waals surface area contributed by atoms with Gasteiger partial charge in [-0.25, -0.2) is 0 Å². The number of likely N-dealkylation sites (N-methyl/N-ethyl adjacent to an activating group) is 4. The molecule has 45 heavy (non-hydrogen) atoms. The number of guanidine groups is 1. The number of carbonyl (C=O) groups excluding carboxylic acids is 4. The molecule has 0 aromatic heterocycles. The number of benzene rings is 1. The topological polar surface area (TPSA) is 166 Å². The van der Waals surface area contributed by atoms with Crippen LogP contribution in [0.25, 0.3) is 0 Å². The van der Waals surface area contributed by atoms with Crippen LogP contribution in [-0.2, 0) is 25.6 Å². The van der Waals surface area contributed by atoms with Gasteiger partial charge >= 0.3 is 0 Å². The fourth-order valence-corrected chi connectivity index (χ4v) is 5.62. The molecule has 4 amide bonds. The Labute approximate surface area is 270 Å². The highest BCUT2D eigenvalue weighted by Crippen LogP contribution is 2.21. The highest BCUT2D eigenvalue weighted by Gasteiger charge is 2.41. The lowest BCUT2D eigenvalue weighted by molar-refractivity contribution is -0.154. The van der Waals surface area contributed by atoms with Crippen LogP contribution in [0.1, 0.15) is 59.9 Å². The van der Waals surface area contributed by atoms with Gasteiger partial charge in [-0.05, 0) is 43.2 Å².